The number of hydrogen-bond donors (Lipinski definition) is 3. The van der Waals surface area contributed by atoms with Gasteiger partial charge in [-0.2, -0.15) is 5.48 Å². The smallest absolute Gasteiger partial charge is 0.147 e. The second-order valence-electron chi connectivity index (χ2n) is 5.24. The molecule has 0 radical (unpaired) electrons. The molecule has 4 N–H and O–H groups in total. The van der Waals surface area contributed by atoms with Crippen LogP contribution in [-0.2, 0) is 0 Å². The fourth-order valence-corrected chi connectivity index (χ4v) is 2.57. The predicted molar refractivity (Wildman–Crippen MR) is 83.6 cm³/mol. The molecule has 0 aliphatic carbocycles. The normalized spacial score (nSPS) is 12.7. The van der Waals surface area contributed by atoms with E-state index in [9.17, 15) is 0 Å². The van der Waals surface area contributed by atoms with Gasteiger partial charge in [0.2, 0.25) is 0 Å². The van der Waals surface area contributed by atoms with Gasteiger partial charge in [-0.25, -0.2) is 0 Å². The summed E-state index contributed by atoms with van der Waals surface area (Å²) in [6.45, 7) is 3.85. The molecule has 1 aromatic carbocycles. The zero-order valence-corrected chi connectivity index (χ0v) is 12.2. The number of hydrogen-bond acceptors (Lipinski definition) is 3. The van der Waals surface area contributed by atoms with E-state index in [2.05, 4.69) is 17.4 Å². The average Bonchev–Trinajstić information content (AvgIpc) is 2.91. The Morgan fingerprint density at radius 2 is 2.15 bits per heavy atom. The third kappa shape index (κ3) is 4.25. The number of nitrogens with two attached hydrogens (primary N) is 1. The molecule has 0 fully saturated rings. The summed E-state index contributed by atoms with van der Waals surface area (Å²) in [5.41, 5.74) is 9.83. The lowest BCUT2D eigenvalue weighted by Crippen LogP contribution is -2.22. The lowest BCUT2D eigenvalue weighted by atomic mass is 9.96. The van der Waals surface area contributed by atoms with Crippen molar-refractivity contribution in [3.63, 3.8) is 0 Å². The van der Waals surface area contributed by atoms with E-state index in [1.54, 1.807) is 0 Å². The Morgan fingerprint density at radius 3 is 2.95 bits per heavy atom. The van der Waals surface area contributed by atoms with Crippen molar-refractivity contribution in [1.82, 2.24) is 10.5 Å². The van der Waals surface area contributed by atoms with E-state index in [-0.39, 0.29) is 0 Å². The second kappa shape index (κ2) is 7.92. The molecule has 0 spiro atoms. The first-order valence-corrected chi connectivity index (χ1v) is 7.50. The summed E-state index contributed by atoms with van der Waals surface area (Å²) in [6, 6.07) is 8.07. The minimum Gasteiger partial charge on any atom is -0.409 e. The quantitative estimate of drug-likeness (QED) is 0.486. The van der Waals surface area contributed by atoms with Crippen LogP contribution in [0.3, 0.4) is 0 Å². The summed E-state index contributed by atoms with van der Waals surface area (Å²) in [7, 11) is 0. The fraction of sp³-hybridized carbons (Fsp3) is 0.500. The van der Waals surface area contributed by atoms with E-state index in [4.69, 9.17) is 10.6 Å². The van der Waals surface area contributed by atoms with Gasteiger partial charge in [-0.1, -0.05) is 19.8 Å². The highest BCUT2D eigenvalue weighted by Crippen LogP contribution is 2.19. The summed E-state index contributed by atoms with van der Waals surface area (Å²) in [4.78, 5) is 8.76. The average molecular weight is 275 g/mol. The van der Waals surface area contributed by atoms with Crippen molar-refractivity contribution in [3.8, 4) is 5.75 Å². The summed E-state index contributed by atoms with van der Waals surface area (Å²) >= 11 is 0. The van der Waals surface area contributed by atoms with Gasteiger partial charge in [0, 0.05) is 23.6 Å². The first kappa shape index (κ1) is 14.9. The van der Waals surface area contributed by atoms with Gasteiger partial charge in [0.25, 0.3) is 0 Å². The van der Waals surface area contributed by atoms with Gasteiger partial charge < -0.3 is 15.6 Å². The molecule has 0 aliphatic heterocycles. The molecule has 0 aliphatic rings. The van der Waals surface area contributed by atoms with E-state index >= 15 is 0 Å². The lowest BCUT2D eigenvalue weighted by Gasteiger charge is -2.15. The SMILES string of the molecule is CCCC(CCN)CCNOc1ccc2[nH]ccc2c1. The molecule has 2 aromatic rings. The molecular formula is C16H25N3O. The molecule has 1 aromatic heterocycles. The first-order chi connectivity index (χ1) is 9.83. The number of rotatable bonds is 9. The van der Waals surface area contributed by atoms with Crippen LogP contribution >= 0.6 is 0 Å². The summed E-state index contributed by atoms with van der Waals surface area (Å²) in [5.74, 6) is 1.55. The van der Waals surface area contributed by atoms with Crippen LogP contribution in [0.25, 0.3) is 10.9 Å². The lowest BCUT2D eigenvalue weighted by molar-refractivity contribution is 0.185. The zero-order valence-electron chi connectivity index (χ0n) is 12.2. The van der Waals surface area contributed by atoms with Crippen LogP contribution in [-0.4, -0.2) is 18.1 Å². The fourth-order valence-electron chi connectivity index (χ4n) is 2.57. The number of aromatic nitrogens is 1. The highest BCUT2D eigenvalue weighted by Gasteiger charge is 2.06. The molecular weight excluding hydrogens is 250 g/mol. The predicted octanol–water partition coefficient (Wildman–Crippen LogP) is 3.21. The molecule has 4 heteroatoms. The maximum Gasteiger partial charge on any atom is 0.147 e. The molecule has 1 heterocycles. The van der Waals surface area contributed by atoms with E-state index in [1.165, 1.54) is 12.8 Å². The summed E-state index contributed by atoms with van der Waals surface area (Å²) in [5, 5.41) is 1.16. The highest BCUT2D eigenvalue weighted by atomic mass is 16.6. The Kier molecular flexibility index (Phi) is 5.89. The van der Waals surface area contributed by atoms with Crippen LogP contribution in [0.1, 0.15) is 32.6 Å². The third-order valence-corrected chi connectivity index (χ3v) is 3.64. The third-order valence-electron chi connectivity index (χ3n) is 3.64. The maximum atomic E-state index is 5.64. The molecule has 0 amide bonds. The van der Waals surface area contributed by atoms with Crippen LogP contribution in [0.5, 0.6) is 5.75 Å². The van der Waals surface area contributed by atoms with Crippen molar-refractivity contribution < 1.29 is 4.84 Å². The van der Waals surface area contributed by atoms with Crippen molar-refractivity contribution >= 4 is 10.9 Å². The van der Waals surface area contributed by atoms with Crippen LogP contribution in [0.2, 0.25) is 0 Å². The highest BCUT2D eigenvalue weighted by molar-refractivity contribution is 5.80. The van der Waals surface area contributed by atoms with Crippen molar-refractivity contribution in [2.24, 2.45) is 11.7 Å². The molecule has 1 unspecified atom stereocenters. The van der Waals surface area contributed by atoms with Gasteiger partial charge in [-0.05, 0) is 49.6 Å². The molecule has 2 rings (SSSR count). The van der Waals surface area contributed by atoms with Gasteiger partial charge in [0.15, 0.2) is 0 Å². The number of hydroxylamine groups is 1. The van der Waals surface area contributed by atoms with Crippen molar-refractivity contribution in [1.29, 1.82) is 0 Å². The van der Waals surface area contributed by atoms with Gasteiger partial charge in [0.05, 0.1) is 0 Å². The number of nitrogens with one attached hydrogen (secondary N) is 2. The Bertz CT molecular complexity index is 503. The van der Waals surface area contributed by atoms with E-state index < -0.39 is 0 Å². The van der Waals surface area contributed by atoms with Crippen molar-refractivity contribution in [3.05, 3.63) is 30.5 Å². The van der Waals surface area contributed by atoms with Crippen molar-refractivity contribution in [2.45, 2.75) is 32.6 Å². The molecule has 1 atom stereocenters. The topological polar surface area (TPSA) is 63.1 Å². The van der Waals surface area contributed by atoms with E-state index in [0.717, 1.165) is 42.6 Å². The van der Waals surface area contributed by atoms with Crippen LogP contribution < -0.4 is 16.1 Å². The number of benzene rings is 1. The minimum atomic E-state index is 0.702. The van der Waals surface area contributed by atoms with Gasteiger partial charge in [-0.15, -0.1) is 0 Å². The maximum absolute atomic E-state index is 5.64. The van der Waals surface area contributed by atoms with Gasteiger partial charge in [0.1, 0.15) is 5.75 Å². The minimum absolute atomic E-state index is 0.702. The molecule has 20 heavy (non-hydrogen) atoms. The monoisotopic (exact) mass is 275 g/mol. The molecule has 0 bridgehead atoms. The van der Waals surface area contributed by atoms with E-state index in [1.807, 2.05) is 30.5 Å². The van der Waals surface area contributed by atoms with Crippen LogP contribution in [0.15, 0.2) is 30.5 Å². The van der Waals surface area contributed by atoms with Crippen LogP contribution in [0, 0.1) is 5.92 Å². The van der Waals surface area contributed by atoms with Crippen molar-refractivity contribution in [2.75, 3.05) is 13.1 Å². The number of H-pyrrole nitrogens is 1. The van der Waals surface area contributed by atoms with E-state index in [0.29, 0.717) is 5.92 Å². The Hall–Kier alpha value is -1.52. The zero-order chi connectivity index (χ0) is 14.2. The first-order valence-electron chi connectivity index (χ1n) is 7.50. The Balaban J connectivity index is 1.74. The molecule has 0 saturated heterocycles. The number of aromatic amines is 1. The largest absolute Gasteiger partial charge is 0.409 e. The second-order valence-corrected chi connectivity index (χ2v) is 5.24. The summed E-state index contributed by atoms with van der Waals surface area (Å²) < 4.78 is 0. The molecule has 110 valence electrons. The Morgan fingerprint density at radius 1 is 1.25 bits per heavy atom. The molecule has 4 nitrogen and oxygen atoms in total. The molecule has 0 saturated carbocycles. The van der Waals surface area contributed by atoms with Gasteiger partial charge >= 0.3 is 0 Å². The number of fused-ring (bicyclic) bond motifs is 1. The Labute approximate surface area is 120 Å². The van der Waals surface area contributed by atoms with Crippen LogP contribution in [0.4, 0.5) is 0 Å². The van der Waals surface area contributed by atoms with Gasteiger partial charge in [-0.3, -0.25) is 0 Å². The summed E-state index contributed by atoms with van der Waals surface area (Å²) in [6.07, 6.45) is 6.61. The standard InChI is InChI=1S/C16H25N3O/c1-2-3-13(6-9-17)7-11-19-20-15-4-5-16-14(12-15)8-10-18-16/h4-5,8,10,12-13,18-19H,2-3,6-7,9,11,17H2,1H3.